The average molecular weight is 831 g/mol. The van der Waals surface area contributed by atoms with Gasteiger partial charge in [-0.3, -0.25) is 19.7 Å². The molecule has 9 atom stereocenters. The van der Waals surface area contributed by atoms with Gasteiger partial charge in [0.05, 0.1) is 23.7 Å². The molecule has 1 aliphatic carbocycles. The number of anilines is 1. The lowest BCUT2D eigenvalue weighted by Crippen LogP contribution is -2.67. The van der Waals surface area contributed by atoms with Crippen LogP contribution in [0.1, 0.15) is 66.7 Å². The number of fused-ring (bicyclic) bond motifs is 1. The highest BCUT2D eigenvalue weighted by Gasteiger charge is 2.56. The van der Waals surface area contributed by atoms with E-state index >= 15 is 0 Å². The van der Waals surface area contributed by atoms with Crippen LogP contribution in [0.3, 0.4) is 0 Å². The van der Waals surface area contributed by atoms with E-state index in [0.29, 0.717) is 42.5 Å². The molecule has 11 N–H and O–H groups in total. The number of aliphatic hydroxyl groups excluding tert-OH is 5. The molecule has 1 amide bonds. The second-order valence-corrected chi connectivity index (χ2v) is 15.8. The SMILES string of the molecule is N[C@@H]1CCC[C@@]1(C[C@H]1c2cc(O)c(O[C@@]3(O)O[C@H](CO)[C@@H](O)[C@H](O)[C@H]3O)cc2N(C(=O)C=Cc2ccc(O)c(CC3=NCN=C3CCCO)c2)[C@H]1C(=O)O)c1ccccc1. The number of rotatable bonds is 14. The normalized spacial score (nSPS) is 30.1. The highest BCUT2D eigenvalue weighted by Crippen LogP contribution is 2.54. The first-order chi connectivity index (χ1) is 28.7. The van der Waals surface area contributed by atoms with Gasteiger partial charge in [-0.25, -0.2) is 4.79 Å². The summed E-state index contributed by atoms with van der Waals surface area (Å²) in [7, 11) is 0. The molecule has 0 bridgehead atoms. The van der Waals surface area contributed by atoms with Crippen molar-refractivity contribution in [3.8, 4) is 17.2 Å². The fourth-order valence-electron chi connectivity index (χ4n) is 9.07. The van der Waals surface area contributed by atoms with Gasteiger partial charge in [-0.2, -0.15) is 0 Å². The number of carbonyl (C=O) groups is 2. The summed E-state index contributed by atoms with van der Waals surface area (Å²) in [5.41, 5.74) is 9.66. The number of benzene rings is 3. The zero-order valence-electron chi connectivity index (χ0n) is 32.6. The van der Waals surface area contributed by atoms with Crippen molar-refractivity contribution < 1.29 is 65.0 Å². The van der Waals surface area contributed by atoms with Gasteiger partial charge in [0.1, 0.15) is 36.8 Å². The summed E-state index contributed by atoms with van der Waals surface area (Å²) in [4.78, 5) is 37.8. The van der Waals surface area contributed by atoms with E-state index in [2.05, 4.69) is 9.98 Å². The largest absolute Gasteiger partial charge is 0.508 e. The summed E-state index contributed by atoms with van der Waals surface area (Å²) in [6.45, 7) is -0.655. The highest BCUT2D eigenvalue weighted by molar-refractivity contribution is 6.43. The highest BCUT2D eigenvalue weighted by atomic mass is 16.8. The van der Waals surface area contributed by atoms with Crippen LogP contribution in [-0.2, 0) is 26.2 Å². The topological polar surface area (TPSA) is 289 Å². The van der Waals surface area contributed by atoms with Gasteiger partial charge in [-0.15, -0.1) is 0 Å². The van der Waals surface area contributed by atoms with Gasteiger partial charge < -0.3 is 61.2 Å². The summed E-state index contributed by atoms with van der Waals surface area (Å²) in [6, 6.07) is 14.6. The van der Waals surface area contributed by atoms with Crippen LogP contribution in [-0.4, -0.2) is 132 Å². The maximum Gasteiger partial charge on any atom is 0.355 e. The number of hydrogen-bond donors (Lipinski definition) is 10. The summed E-state index contributed by atoms with van der Waals surface area (Å²) >= 11 is 0. The lowest BCUT2D eigenvalue weighted by atomic mass is 9.68. The smallest absolute Gasteiger partial charge is 0.355 e. The predicted octanol–water partition coefficient (Wildman–Crippen LogP) is 1.20. The molecule has 1 saturated heterocycles. The van der Waals surface area contributed by atoms with Crippen LogP contribution in [0.2, 0.25) is 0 Å². The molecular formula is C43H50N4O13. The van der Waals surface area contributed by atoms with Crippen LogP contribution in [0.25, 0.3) is 6.08 Å². The van der Waals surface area contributed by atoms with E-state index < -0.39 is 77.7 Å². The Hall–Kier alpha value is -5.24. The molecule has 60 heavy (non-hydrogen) atoms. The van der Waals surface area contributed by atoms with Crippen molar-refractivity contribution in [1.29, 1.82) is 0 Å². The Morgan fingerprint density at radius 3 is 2.42 bits per heavy atom. The van der Waals surface area contributed by atoms with Crippen LogP contribution in [0.5, 0.6) is 17.2 Å². The number of hydrogen-bond acceptors (Lipinski definition) is 15. The summed E-state index contributed by atoms with van der Waals surface area (Å²) in [5, 5.41) is 94.7. The molecule has 17 heteroatoms. The zero-order valence-corrected chi connectivity index (χ0v) is 32.6. The molecule has 7 rings (SSSR count). The number of phenols is 2. The van der Waals surface area contributed by atoms with Crippen LogP contribution in [0, 0.1) is 0 Å². The third-order valence-corrected chi connectivity index (χ3v) is 12.2. The van der Waals surface area contributed by atoms with Gasteiger partial charge in [0.2, 0.25) is 0 Å². The Kier molecular flexibility index (Phi) is 12.4. The van der Waals surface area contributed by atoms with E-state index in [1.54, 1.807) is 12.1 Å². The first-order valence-electron chi connectivity index (χ1n) is 19.9. The molecule has 3 aromatic rings. The van der Waals surface area contributed by atoms with Crippen molar-refractivity contribution in [1.82, 2.24) is 0 Å². The quantitative estimate of drug-likeness (QED) is 0.0808. The molecule has 3 heterocycles. The second-order valence-electron chi connectivity index (χ2n) is 15.8. The maximum atomic E-state index is 14.5. The lowest BCUT2D eigenvalue weighted by Gasteiger charge is -2.44. The lowest BCUT2D eigenvalue weighted by molar-refractivity contribution is -0.422. The minimum absolute atomic E-state index is 0.00624. The van der Waals surface area contributed by atoms with Gasteiger partial charge >= 0.3 is 11.9 Å². The number of aliphatic hydroxyl groups is 6. The Labute approximate surface area is 345 Å². The van der Waals surface area contributed by atoms with Crippen LogP contribution in [0.4, 0.5) is 5.69 Å². The number of carboxylic acid groups (broad SMARTS) is 1. The number of carbonyl (C=O) groups excluding carboxylic acids is 1. The molecule has 0 radical (unpaired) electrons. The molecule has 0 spiro atoms. The Bertz CT molecular complexity index is 2180. The number of amides is 1. The monoisotopic (exact) mass is 830 g/mol. The molecular weight excluding hydrogens is 780 g/mol. The number of carboxylic acids is 1. The van der Waals surface area contributed by atoms with Crippen molar-refractivity contribution >= 4 is 35.1 Å². The van der Waals surface area contributed by atoms with Crippen molar-refractivity contribution in [2.75, 3.05) is 24.8 Å². The molecule has 4 aliphatic rings. The van der Waals surface area contributed by atoms with Gasteiger partial charge in [0.15, 0.2) is 17.6 Å². The molecule has 320 valence electrons. The second kappa shape index (κ2) is 17.4. The molecule has 3 aromatic carbocycles. The van der Waals surface area contributed by atoms with Gasteiger partial charge in [0, 0.05) is 48.1 Å². The van der Waals surface area contributed by atoms with Crippen molar-refractivity contribution in [2.24, 2.45) is 15.7 Å². The van der Waals surface area contributed by atoms with E-state index in [4.69, 9.17) is 15.2 Å². The van der Waals surface area contributed by atoms with E-state index in [9.17, 15) is 55.5 Å². The number of nitrogens with two attached hydrogens (primary N) is 1. The van der Waals surface area contributed by atoms with Gasteiger partial charge in [-0.1, -0.05) is 42.8 Å². The number of nitrogens with zero attached hydrogens (tertiary/aromatic N) is 3. The number of phenolic OH excluding ortho intramolecular Hbond substituents is 2. The van der Waals surface area contributed by atoms with E-state index in [-0.39, 0.29) is 49.2 Å². The summed E-state index contributed by atoms with van der Waals surface area (Å²) in [6.07, 6.45) is -1.66. The maximum absolute atomic E-state index is 14.5. The Balaban J connectivity index is 1.27. The number of ether oxygens (including phenoxy) is 2. The van der Waals surface area contributed by atoms with E-state index in [1.165, 1.54) is 24.3 Å². The fourth-order valence-corrected chi connectivity index (χ4v) is 9.07. The molecule has 17 nitrogen and oxygen atoms in total. The van der Waals surface area contributed by atoms with Crippen molar-refractivity contribution in [2.45, 2.75) is 98.8 Å². The molecule has 3 aliphatic heterocycles. The third-order valence-electron chi connectivity index (χ3n) is 12.2. The molecule has 1 saturated carbocycles. The zero-order chi connectivity index (χ0) is 42.9. The number of aliphatic carboxylic acids is 1. The third kappa shape index (κ3) is 8.02. The fraction of sp³-hybridized carbons (Fsp3) is 0.442. The minimum atomic E-state index is -3.13. The van der Waals surface area contributed by atoms with Crippen LogP contribution < -0.4 is 15.4 Å². The van der Waals surface area contributed by atoms with Crippen LogP contribution in [0.15, 0.2) is 76.7 Å². The van der Waals surface area contributed by atoms with E-state index in [0.717, 1.165) is 28.7 Å². The molecule has 2 fully saturated rings. The van der Waals surface area contributed by atoms with Gasteiger partial charge in [0.25, 0.3) is 5.91 Å². The van der Waals surface area contributed by atoms with Crippen molar-refractivity contribution in [3.05, 3.63) is 89.0 Å². The van der Waals surface area contributed by atoms with Crippen molar-refractivity contribution in [3.63, 3.8) is 0 Å². The predicted molar refractivity (Wildman–Crippen MR) is 217 cm³/mol. The van der Waals surface area contributed by atoms with Gasteiger partial charge in [-0.05, 0) is 73.1 Å². The first-order valence-corrected chi connectivity index (χ1v) is 19.9. The van der Waals surface area contributed by atoms with Crippen LogP contribution >= 0.6 is 0 Å². The Morgan fingerprint density at radius 1 is 0.983 bits per heavy atom. The Morgan fingerprint density at radius 2 is 1.73 bits per heavy atom. The minimum Gasteiger partial charge on any atom is -0.508 e. The summed E-state index contributed by atoms with van der Waals surface area (Å²) in [5.74, 6) is -7.45. The number of aromatic hydroxyl groups is 2. The number of aliphatic imine (C=N–C) groups is 2. The average Bonchev–Trinajstić information content (AvgIpc) is 3.93. The standard InChI is InChI=1S/C43H50N4O13/c44-35-9-4-14-42(35,25-6-2-1-3-7-25)20-27-26-18-32(51)33(59-43(58)40(55)39(54)38(53)34(21-49)60-43)19-30(26)47(37(27)41(56)57)36(52)13-11-23-10-12-31(50)24(16-23)17-29-28(8-5-15-48)45-22-46-29/h1-3,6-7,10-13,16,18-19,27,34-35,37-40,48-51,53-55,58H,4-5,8-9,14-15,17,20-22,44H2,(H,56,57)/t27-,34+,35+,37+,38+,39-,40+,42+,43+/m0/s1. The molecule has 0 unspecified atom stereocenters. The molecule has 0 aromatic heterocycles. The first kappa shape index (κ1) is 42.9. The van der Waals surface area contributed by atoms with E-state index in [1.807, 2.05) is 30.3 Å². The summed E-state index contributed by atoms with van der Waals surface area (Å²) < 4.78 is 10.8.